The van der Waals surface area contributed by atoms with Gasteiger partial charge in [-0.15, -0.1) is 0 Å². The molecule has 0 spiro atoms. The Morgan fingerprint density at radius 3 is 2.50 bits per heavy atom. The van der Waals surface area contributed by atoms with Gasteiger partial charge < -0.3 is 10.6 Å². The highest BCUT2D eigenvalue weighted by Crippen LogP contribution is 2.38. The number of anilines is 1. The van der Waals surface area contributed by atoms with Crippen molar-refractivity contribution >= 4 is 5.69 Å². The van der Waals surface area contributed by atoms with E-state index in [1.807, 2.05) is 0 Å². The lowest BCUT2D eigenvalue weighted by Gasteiger charge is -2.41. The van der Waals surface area contributed by atoms with Crippen molar-refractivity contribution in [3.8, 4) is 0 Å². The molecule has 1 fully saturated rings. The van der Waals surface area contributed by atoms with Gasteiger partial charge in [0.05, 0.1) is 0 Å². The molecule has 0 saturated heterocycles. The second-order valence-electron chi connectivity index (χ2n) is 7.21. The zero-order chi connectivity index (χ0) is 14.8. The average molecular weight is 274 g/mol. The van der Waals surface area contributed by atoms with Crippen molar-refractivity contribution in [1.82, 2.24) is 0 Å². The van der Waals surface area contributed by atoms with E-state index in [4.69, 9.17) is 5.73 Å². The highest BCUT2D eigenvalue weighted by molar-refractivity contribution is 5.47. The van der Waals surface area contributed by atoms with Gasteiger partial charge in [-0.25, -0.2) is 0 Å². The van der Waals surface area contributed by atoms with Gasteiger partial charge in [-0.3, -0.25) is 0 Å². The number of nitrogens with two attached hydrogens (primary N) is 1. The molecular weight excluding hydrogens is 244 g/mol. The molecule has 2 nitrogen and oxygen atoms in total. The lowest BCUT2D eigenvalue weighted by atomic mass is 9.70. The summed E-state index contributed by atoms with van der Waals surface area (Å²) in [5.74, 6) is 0.611. The Labute approximate surface area is 124 Å². The van der Waals surface area contributed by atoms with E-state index in [1.165, 1.54) is 30.5 Å². The smallest absolute Gasteiger partial charge is 0.0366 e. The number of aryl methyl sites for hydroxylation is 1. The maximum Gasteiger partial charge on any atom is 0.0366 e. The average Bonchev–Trinajstić information content (AvgIpc) is 2.41. The van der Waals surface area contributed by atoms with E-state index in [-0.39, 0.29) is 0 Å². The fourth-order valence-corrected chi connectivity index (χ4v) is 3.41. The van der Waals surface area contributed by atoms with Crippen molar-refractivity contribution in [1.29, 1.82) is 0 Å². The van der Waals surface area contributed by atoms with Crippen LogP contribution in [-0.4, -0.2) is 19.1 Å². The second kappa shape index (κ2) is 6.17. The molecule has 1 saturated carbocycles. The molecule has 20 heavy (non-hydrogen) atoms. The molecule has 0 aromatic heterocycles. The van der Waals surface area contributed by atoms with Gasteiger partial charge in [0.1, 0.15) is 0 Å². The number of hydrogen-bond donors (Lipinski definition) is 1. The molecular formula is C18H30N2. The minimum Gasteiger partial charge on any atom is -0.371 e. The third-order valence-electron chi connectivity index (χ3n) is 4.81. The third-order valence-corrected chi connectivity index (χ3v) is 4.81. The van der Waals surface area contributed by atoms with Crippen LogP contribution >= 0.6 is 0 Å². The standard InChI is InChI=1S/C18H30N2/c1-5-20(16-8-6-14(2)7-9-16)13-15-12-18(3,4)11-10-17(15)19/h6-9,15,17H,5,10-13,19H2,1-4H3. The first-order chi connectivity index (χ1) is 9.41. The van der Waals surface area contributed by atoms with Gasteiger partial charge >= 0.3 is 0 Å². The Hall–Kier alpha value is -1.02. The summed E-state index contributed by atoms with van der Waals surface area (Å²) in [5.41, 5.74) is 9.48. The van der Waals surface area contributed by atoms with Gasteiger partial charge in [0.15, 0.2) is 0 Å². The molecule has 0 heterocycles. The van der Waals surface area contributed by atoms with Crippen LogP contribution < -0.4 is 10.6 Å². The first kappa shape index (κ1) is 15.4. The Morgan fingerprint density at radius 1 is 1.25 bits per heavy atom. The number of benzene rings is 1. The molecule has 112 valence electrons. The molecule has 2 atom stereocenters. The molecule has 1 aromatic carbocycles. The van der Waals surface area contributed by atoms with Crippen LogP contribution in [0.4, 0.5) is 5.69 Å². The number of hydrogen-bond acceptors (Lipinski definition) is 2. The van der Waals surface area contributed by atoms with E-state index in [0.717, 1.165) is 13.1 Å². The SMILES string of the molecule is CCN(CC1CC(C)(C)CCC1N)c1ccc(C)cc1. The first-order valence-electron chi connectivity index (χ1n) is 7.98. The normalized spacial score (nSPS) is 25.4. The summed E-state index contributed by atoms with van der Waals surface area (Å²) < 4.78 is 0. The summed E-state index contributed by atoms with van der Waals surface area (Å²) in [6, 6.07) is 9.23. The van der Waals surface area contributed by atoms with Crippen molar-refractivity contribution < 1.29 is 0 Å². The van der Waals surface area contributed by atoms with Crippen molar-refractivity contribution in [3.05, 3.63) is 29.8 Å². The fraction of sp³-hybridized carbons (Fsp3) is 0.667. The van der Waals surface area contributed by atoms with E-state index in [1.54, 1.807) is 0 Å². The second-order valence-corrected chi connectivity index (χ2v) is 7.21. The van der Waals surface area contributed by atoms with Crippen LogP contribution in [0.15, 0.2) is 24.3 Å². The van der Waals surface area contributed by atoms with Crippen LogP contribution in [0.5, 0.6) is 0 Å². The minimum absolute atomic E-state index is 0.363. The summed E-state index contributed by atoms with van der Waals surface area (Å²) in [6.45, 7) is 11.3. The Balaban J connectivity index is 2.07. The monoisotopic (exact) mass is 274 g/mol. The summed E-state index contributed by atoms with van der Waals surface area (Å²) in [4.78, 5) is 2.48. The lowest BCUT2D eigenvalue weighted by Crippen LogP contribution is -2.45. The fourth-order valence-electron chi connectivity index (χ4n) is 3.41. The maximum absolute atomic E-state index is 6.38. The van der Waals surface area contributed by atoms with E-state index in [0.29, 0.717) is 17.4 Å². The van der Waals surface area contributed by atoms with E-state index < -0.39 is 0 Å². The van der Waals surface area contributed by atoms with Crippen molar-refractivity contribution in [3.63, 3.8) is 0 Å². The van der Waals surface area contributed by atoms with E-state index in [2.05, 4.69) is 56.9 Å². The lowest BCUT2D eigenvalue weighted by molar-refractivity contribution is 0.160. The summed E-state index contributed by atoms with van der Waals surface area (Å²) in [7, 11) is 0. The highest BCUT2D eigenvalue weighted by atomic mass is 15.1. The Morgan fingerprint density at radius 2 is 1.90 bits per heavy atom. The quantitative estimate of drug-likeness (QED) is 0.900. The zero-order valence-electron chi connectivity index (χ0n) is 13.5. The molecule has 2 unspecified atom stereocenters. The first-order valence-corrected chi connectivity index (χ1v) is 7.98. The van der Waals surface area contributed by atoms with Gasteiger partial charge in [-0.05, 0) is 56.6 Å². The largest absolute Gasteiger partial charge is 0.371 e. The maximum atomic E-state index is 6.38. The molecule has 2 heteroatoms. The van der Waals surface area contributed by atoms with Crippen molar-refractivity contribution in [2.75, 3.05) is 18.0 Å². The molecule has 0 aliphatic heterocycles. The van der Waals surface area contributed by atoms with E-state index >= 15 is 0 Å². The summed E-state index contributed by atoms with van der Waals surface area (Å²) >= 11 is 0. The molecule has 0 radical (unpaired) electrons. The predicted molar refractivity (Wildman–Crippen MR) is 88.2 cm³/mol. The molecule has 0 amide bonds. The van der Waals surface area contributed by atoms with Gasteiger partial charge in [0, 0.05) is 24.8 Å². The van der Waals surface area contributed by atoms with Crippen LogP contribution in [0.1, 0.15) is 45.6 Å². The molecule has 1 aliphatic rings. The van der Waals surface area contributed by atoms with E-state index in [9.17, 15) is 0 Å². The minimum atomic E-state index is 0.363. The molecule has 1 aromatic rings. The van der Waals surface area contributed by atoms with Crippen LogP contribution in [0.25, 0.3) is 0 Å². The summed E-state index contributed by atoms with van der Waals surface area (Å²) in [5, 5.41) is 0. The number of rotatable bonds is 4. The zero-order valence-corrected chi connectivity index (χ0v) is 13.5. The molecule has 2 rings (SSSR count). The molecule has 0 bridgehead atoms. The van der Waals surface area contributed by atoms with Crippen LogP contribution in [0.2, 0.25) is 0 Å². The number of nitrogens with zero attached hydrogens (tertiary/aromatic N) is 1. The third kappa shape index (κ3) is 3.76. The van der Waals surface area contributed by atoms with Crippen molar-refractivity contribution in [2.45, 2.75) is 53.0 Å². The Bertz CT molecular complexity index is 422. The molecule has 1 aliphatic carbocycles. The van der Waals surface area contributed by atoms with Crippen molar-refractivity contribution in [2.24, 2.45) is 17.1 Å². The predicted octanol–water partition coefficient (Wildman–Crippen LogP) is 3.97. The highest BCUT2D eigenvalue weighted by Gasteiger charge is 2.33. The molecule has 2 N–H and O–H groups in total. The van der Waals surface area contributed by atoms with Crippen LogP contribution in [0, 0.1) is 18.3 Å². The summed E-state index contributed by atoms with van der Waals surface area (Å²) in [6.07, 6.45) is 3.68. The van der Waals surface area contributed by atoms with Crippen LogP contribution in [-0.2, 0) is 0 Å². The van der Waals surface area contributed by atoms with Gasteiger partial charge in [0.2, 0.25) is 0 Å². The topological polar surface area (TPSA) is 29.3 Å². The van der Waals surface area contributed by atoms with Gasteiger partial charge in [-0.1, -0.05) is 31.5 Å². The Kier molecular flexibility index (Phi) is 4.74. The van der Waals surface area contributed by atoms with Gasteiger partial charge in [0.25, 0.3) is 0 Å². The van der Waals surface area contributed by atoms with Gasteiger partial charge in [-0.2, -0.15) is 0 Å². The van der Waals surface area contributed by atoms with Crippen LogP contribution in [0.3, 0.4) is 0 Å².